The van der Waals surface area contributed by atoms with Gasteiger partial charge < -0.3 is 5.73 Å². The third-order valence-corrected chi connectivity index (χ3v) is 2.22. The van der Waals surface area contributed by atoms with E-state index in [1.165, 1.54) is 6.42 Å². The lowest BCUT2D eigenvalue weighted by Gasteiger charge is -2.13. The van der Waals surface area contributed by atoms with E-state index in [-0.39, 0.29) is 0 Å². The number of nitrogens with two attached hydrogens (primary N) is 1. The second-order valence-electron chi connectivity index (χ2n) is 2.61. The molecule has 0 aromatic heterocycles. The molecule has 2 rings (SSSR count). The van der Waals surface area contributed by atoms with Gasteiger partial charge >= 0.3 is 0 Å². The largest absolute Gasteiger partial charge is 0.330 e. The topological polar surface area (TPSA) is 26.0 Å². The minimum Gasteiger partial charge on any atom is -0.330 e. The molecule has 0 heterocycles. The molecule has 1 nitrogen and oxygen atoms in total. The van der Waals surface area contributed by atoms with Gasteiger partial charge in [-0.15, -0.1) is 0 Å². The van der Waals surface area contributed by atoms with E-state index in [1.54, 1.807) is 0 Å². The third kappa shape index (κ3) is 0.249. The van der Waals surface area contributed by atoms with Crippen molar-refractivity contribution in [3.8, 4) is 0 Å². The molecule has 0 aromatic carbocycles. The summed E-state index contributed by atoms with van der Waals surface area (Å²) in [7, 11) is 0. The van der Waals surface area contributed by atoms with E-state index in [0.29, 0.717) is 5.41 Å². The van der Waals surface area contributed by atoms with Gasteiger partial charge in [-0.1, -0.05) is 12.2 Å². The normalized spacial score (nSPS) is 53.0. The molecular formula is C6H9N. The van der Waals surface area contributed by atoms with Crippen LogP contribution in [0.2, 0.25) is 0 Å². The quantitative estimate of drug-likeness (QED) is 0.472. The van der Waals surface area contributed by atoms with Gasteiger partial charge in [0.1, 0.15) is 0 Å². The van der Waals surface area contributed by atoms with Crippen LogP contribution in [0.1, 0.15) is 6.42 Å². The number of allylic oxidation sites excluding steroid dienone is 1. The van der Waals surface area contributed by atoms with Crippen LogP contribution in [0.3, 0.4) is 0 Å². The summed E-state index contributed by atoms with van der Waals surface area (Å²) in [6.07, 6.45) is 5.84. The molecule has 0 spiro atoms. The van der Waals surface area contributed by atoms with Crippen LogP contribution >= 0.6 is 0 Å². The Kier molecular flexibility index (Phi) is 0.409. The average Bonchev–Trinajstić information content (AvgIpc) is 2.12. The van der Waals surface area contributed by atoms with Crippen LogP contribution in [0.15, 0.2) is 12.2 Å². The Morgan fingerprint density at radius 2 is 2.71 bits per heavy atom. The SMILES string of the molecule is NC[C@]12C=CC1C2. The predicted molar refractivity (Wildman–Crippen MR) is 28.7 cm³/mol. The van der Waals surface area contributed by atoms with Crippen LogP contribution in [0.25, 0.3) is 0 Å². The predicted octanol–water partition coefficient (Wildman–Crippen LogP) is 0.521. The van der Waals surface area contributed by atoms with E-state index in [9.17, 15) is 0 Å². The monoisotopic (exact) mass is 95.1 g/mol. The van der Waals surface area contributed by atoms with Gasteiger partial charge in [-0.2, -0.15) is 0 Å². The highest BCUT2D eigenvalue weighted by molar-refractivity contribution is 5.31. The van der Waals surface area contributed by atoms with E-state index < -0.39 is 0 Å². The standard InChI is InChI=1S/C6H9N/c7-4-6-2-1-5(6)3-6/h1-2,5H,3-4,7H2/t5?,6-/m1/s1. The highest BCUT2D eigenvalue weighted by atomic mass is 14.7. The smallest absolute Gasteiger partial charge is 0.00733 e. The van der Waals surface area contributed by atoms with E-state index in [2.05, 4.69) is 12.2 Å². The zero-order valence-electron chi connectivity index (χ0n) is 4.22. The Morgan fingerprint density at radius 3 is 2.71 bits per heavy atom. The molecule has 1 fully saturated rings. The van der Waals surface area contributed by atoms with Crippen molar-refractivity contribution in [2.45, 2.75) is 6.42 Å². The first-order valence-electron chi connectivity index (χ1n) is 2.77. The number of fused-ring (bicyclic) bond motifs is 1. The van der Waals surface area contributed by atoms with Crippen LogP contribution < -0.4 is 5.73 Å². The summed E-state index contributed by atoms with van der Waals surface area (Å²) in [5.74, 6) is 0.887. The Bertz CT molecular complexity index is 128. The number of hydrogen-bond acceptors (Lipinski definition) is 1. The summed E-state index contributed by atoms with van der Waals surface area (Å²) in [4.78, 5) is 0. The molecule has 0 radical (unpaired) electrons. The summed E-state index contributed by atoms with van der Waals surface area (Å²) in [5.41, 5.74) is 5.99. The maximum absolute atomic E-state index is 5.46. The van der Waals surface area contributed by atoms with Gasteiger partial charge in [-0.05, 0) is 12.3 Å². The summed E-state index contributed by atoms with van der Waals surface area (Å²) < 4.78 is 0. The van der Waals surface area contributed by atoms with Crippen molar-refractivity contribution in [2.75, 3.05) is 6.54 Å². The van der Waals surface area contributed by atoms with Crippen LogP contribution in [-0.2, 0) is 0 Å². The van der Waals surface area contributed by atoms with Crippen molar-refractivity contribution in [1.29, 1.82) is 0 Å². The fraction of sp³-hybridized carbons (Fsp3) is 0.667. The van der Waals surface area contributed by atoms with Crippen molar-refractivity contribution < 1.29 is 0 Å². The molecule has 0 saturated heterocycles. The van der Waals surface area contributed by atoms with E-state index >= 15 is 0 Å². The van der Waals surface area contributed by atoms with Crippen molar-refractivity contribution in [2.24, 2.45) is 17.1 Å². The first kappa shape index (κ1) is 3.67. The zero-order valence-corrected chi connectivity index (χ0v) is 4.22. The number of hydrogen-bond donors (Lipinski definition) is 1. The first-order valence-corrected chi connectivity index (χ1v) is 2.77. The van der Waals surface area contributed by atoms with Gasteiger partial charge in [-0.25, -0.2) is 0 Å². The molecule has 2 aliphatic rings. The molecule has 2 N–H and O–H groups in total. The van der Waals surface area contributed by atoms with Crippen molar-refractivity contribution >= 4 is 0 Å². The molecule has 2 atom stereocenters. The second kappa shape index (κ2) is 0.781. The Balaban J connectivity index is 2.20. The molecule has 7 heavy (non-hydrogen) atoms. The molecule has 0 amide bonds. The van der Waals surface area contributed by atoms with Gasteiger partial charge in [0.05, 0.1) is 0 Å². The molecule has 1 heteroatoms. The molecule has 1 unspecified atom stereocenters. The van der Waals surface area contributed by atoms with Crippen molar-refractivity contribution in [3.63, 3.8) is 0 Å². The zero-order chi connectivity index (χ0) is 4.91. The molecule has 1 saturated carbocycles. The minimum absolute atomic E-state index is 0.528. The van der Waals surface area contributed by atoms with Crippen LogP contribution in [-0.4, -0.2) is 6.54 Å². The summed E-state index contributed by atoms with van der Waals surface area (Å²) in [6.45, 7) is 0.869. The van der Waals surface area contributed by atoms with Gasteiger partial charge in [-0.3, -0.25) is 0 Å². The van der Waals surface area contributed by atoms with Gasteiger partial charge in [0.25, 0.3) is 0 Å². The summed E-state index contributed by atoms with van der Waals surface area (Å²) in [5, 5.41) is 0. The maximum atomic E-state index is 5.46. The lowest BCUT2D eigenvalue weighted by atomic mass is 9.95. The highest BCUT2D eigenvalue weighted by Crippen LogP contribution is 2.60. The van der Waals surface area contributed by atoms with Crippen LogP contribution in [0.4, 0.5) is 0 Å². The maximum Gasteiger partial charge on any atom is 0.00733 e. The lowest BCUT2D eigenvalue weighted by Crippen LogP contribution is -2.18. The van der Waals surface area contributed by atoms with E-state index in [1.807, 2.05) is 0 Å². The molecular weight excluding hydrogens is 86.1 g/mol. The van der Waals surface area contributed by atoms with E-state index in [4.69, 9.17) is 5.73 Å². The first-order chi connectivity index (χ1) is 3.37. The number of rotatable bonds is 1. The Labute approximate surface area is 43.2 Å². The van der Waals surface area contributed by atoms with E-state index in [0.717, 1.165) is 12.5 Å². The summed E-state index contributed by atoms with van der Waals surface area (Å²) >= 11 is 0. The lowest BCUT2D eigenvalue weighted by molar-refractivity contribution is 0.584. The molecule has 0 bridgehead atoms. The fourth-order valence-corrected chi connectivity index (χ4v) is 1.29. The molecule has 38 valence electrons. The summed E-state index contributed by atoms with van der Waals surface area (Å²) in [6, 6.07) is 0. The Morgan fingerprint density at radius 1 is 1.86 bits per heavy atom. The fourth-order valence-electron chi connectivity index (χ4n) is 1.29. The molecule has 2 aliphatic carbocycles. The van der Waals surface area contributed by atoms with Gasteiger partial charge in [0.15, 0.2) is 0 Å². The third-order valence-electron chi connectivity index (χ3n) is 2.22. The second-order valence-corrected chi connectivity index (χ2v) is 2.61. The van der Waals surface area contributed by atoms with Crippen LogP contribution in [0.5, 0.6) is 0 Å². The highest BCUT2D eigenvalue weighted by Gasteiger charge is 2.54. The average molecular weight is 95.1 g/mol. The molecule has 0 aromatic rings. The Hall–Kier alpha value is -0.300. The van der Waals surface area contributed by atoms with Gasteiger partial charge in [0, 0.05) is 12.0 Å². The molecule has 0 aliphatic heterocycles. The van der Waals surface area contributed by atoms with Crippen molar-refractivity contribution in [1.82, 2.24) is 0 Å². The van der Waals surface area contributed by atoms with Crippen molar-refractivity contribution in [3.05, 3.63) is 12.2 Å². The van der Waals surface area contributed by atoms with Gasteiger partial charge in [0.2, 0.25) is 0 Å². The minimum atomic E-state index is 0.528. The van der Waals surface area contributed by atoms with Crippen LogP contribution in [0, 0.1) is 11.3 Å².